The van der Waals surface area contributed by atoms with Crippen molar-refractivity contribution in [2.75, 3.05) is 22.9 Å². The fourth-order valence-corrected chi connectivity index (χ4v) is 8.02. The van der Waals surface area contributed by atoms with E-state index in [2.05, 4.69) is 211 Å². The van der Waals surface area contributed by atoms with Crippen LogP contribution in [0.25, 0.3) is 22.1 Å². The molecule has 0 spiro atoms. The van der Waals surface area contributed by atoms with Gasteiger partial charge in [-0.05, 0) is 74.9 Å². The molecule has 0 saturated carbocycles. The molecule has 0 bridgehead atoms. The number of anilines is 2. The van der Waals surface area contributed by atoms with Crippen LogP contribution in [0.2, 0.25) is 0 Å². The molecule has 2 heterocycles. The molecule has 6 aromatic rings. The van der Waals surface area contributed by atoms with Crippen molar-refractivity contribution in [3.05, 3.63) is 208 Å². The SMILES string of the molecule is Cc1cc(C)c(N2[C]N(c3c(C)cc(C)cc3C)CC2)c(C)c1.[B-]1C(c2ccccc2)=C(c2ccccc2)C(c2ccccc2)=C1c1ccccc1. The van der Waals surface area contributed by atoms with Crippen LogP contribution in [-0.4, -0.2) is 20.4 Å². The monoisotopic (exact) mass is 673 g/mol. The molecule has 2 nitrogen and oxygen atoms in total. The second kappa shape index (κ2) is 15.4. The predicted octanol–water partition coefficient (Wildman–Crippen LogP) is 11.7. The normalized spacial score (nSPS) is 14.2. The molecule has 52 heavy (non-hydrogen) atoms. The molecule has 1 fully saturated rings. The highest BCUT2D eigenvalue weighted by Crippen LogP contribution is 2.47. The molecule has 2 aliphatic heterocycles. The maximum atomic E-state index is 3.59. The summed E-state index contributed by atoms with van der Waals surface area (Å²) in [5.41, 5.74) is 20.7. The van der Waals surface area contributed by atoms with E-state index in [1.165, 1.54) is 89.1 Å². The Labute approximate surface area is 312 Å². The average Bonchev–Trinajstić information content (AvgIpc) is 3.79. The summed E-state index contributed by atoms with van der Waals surface area (Å²) in [6.45, 7) is 18.7. The van der Waals surface area contributed by atoms with E-state index in [0.717, 1.165) is 13.1 Å². The second-order valence-corrected chi connectivity index (χ2v) is 14.1. The van der Waals surface area contributed by atoms with Gasteiger partial charge in [-0.1, -0.05) is 179 Å². The Bertz CT molecular complexity index is 2030. The maximum absolute atomic E-state index is 3.59. The van der Waals surface area contributed by atoms with Gasteiger partial charge in [0.15, 0.2) is 0 Å². The first-order valence-electron chi connectivity index (χ1n) is 18.3. The van der Waals surface area contributed by atoms with E-state index in [9.17, 15) is 0 Å². The van der Waals surface area contributed by atoms with Crippen molar-refractivity contribution in [1.82, 2.24) is 0 Å². The summed E-state index contributed by atoms with van der Waals surface area (Å²) in [5.74, 6) is 0. The zero-order valence-electron chi connectivity index (χ0n) is 31.2. The van der Waals surface area contributed by atoms with Crippen molar-refractivity contribution in [3.63, 3.8) is 0 Å². The summed E-state index contributed by atoms with van der Waals surface area (Å²) in [6.07, 6.45) is 0. The van der Waals surface area contributed by atoms with Gasteiger partial charge >= 0.3 is 0 Å². The second-order valence-electron chi connectivity index (χ2n) is 14.1. The largest absolute Gasteiger partial charge is 0.339 e. The molecule has 3 heteroatoms. The van der Waals surface area contributed by atoms with Crippen LogP contribution in [0.4, 0.5) is 11.4 Å². The Morgan fingerprint density at radius 3 is 1.00 bits per heavy atom. The molecular formula is C49H46BN2-. The molecule has 2 aliphatic rings. The van der Waals surface area contributed by atoms with E-state index in [0.29, 0.717) is 0 Å². The summed E-state index contributed by atoms with van der Waals surface area (Å²) in [6, 6.07) is 51.9. The third kappa shape index (κ3) is 7.27. The topological polar surface area (TPSA) is 6.48 Å². The summed E-state index contributed by atoms with van der Waals surface area (Å²) in [7, 11) is 2.36. The lowest BCUT2D eigenvalue weighted by molar-refractivity contribution is 1.01. The minimum absolute atomic E-state index is 0.984. The number of rotatable bonds is 6. The molecular weight excluding hydrogens is 627 g/mol. The average molecular weight is 674 g/mol. The van der Waals surface area contributed by atoms with Gasteiger partial charge in [-0.3, -0.25) is 18.2 Å². The molecule has 0 amide bonds. The number of nitrogens with zero attached hydrogens (tertiary/aromatic N) is 2. The Hall–Kier alpha value is -5.54. The zero-order valence-corrected chi connectivity index (χ0v) is 31.2. The first-order chi connectivity index (χ1) is 25.3. The highest BCUT2D eigenvalue weighted by atomic mass is 15.4. The van der Waals surface area contributed by atoms with Crippen LogP contribution in [-0.2, 0) is 0 Å². The molecule has 4 radical (unpaired) electrons. The minimum atomic E-state index is 0.984. The number of hydrogen-bond acceptors (Lipinski definition) is 2. The molecule has 1 saturated heterocycles. The standard InChI is InChI=1S/C28H20B.C21H26N2/c1-5-13-21(14-6-1)25-26(22-15-7-2-8-16-22)28(24-19-11-4-12-20-24)29-27(25)23-17-9-3-10-18-23;1-14-9-16(3)20(17(4)10-14)22-7-8-23(13-22)21-18(5)11-15(2)12-19(21)6/h1-20H;9-12H,7-8H2,1-6H3/q-1;. The minimum Gasteiger partial charge on any atom is -0.339 e. The van der Waals surface area contributed by atoms with Gasteiger partial charge in [0.1, 0.15) is 0 Å². The van der Waals surface area contributed by atoms with Crippen LogP contribution in [0.15, 0.2) is 146 Å². The van der Waals surface area contributed by atoms with E-state index in [1.807, 2.05) is 0 Å². The Morgan fingerprint density at radius 1 is 0.404 bits per heavy atom. The van der Waals surface area contributed by atoms with Gasteiger partial charge in [0.05, 0.1) is 0 Å². The van der Waals surface area contributed by atoms with Crippen molar-refractivity contribution in [2.45, 2.75) is 41.5 Å². The molecule has 256 valence electrons. The highest BCUT2D eigenvalue weighted by molar-refractivity contribution is 6.87. The summed E-state index contributed by atoms with van der Waals surface area (Å²) >= 11 is 0. The lowest BCUT2D eigenvalue weighted by atomic mass is 9.61. The quantitative estimate of drug-likeness (QED) is 0.162. The zero-order chi connectivity index (χ0) is 36.2. The number of benzene rings is 6. The van der Waals surface area contributed by atoms with E-state index in [1.54, 1.807) is 0 Å². The van der Waals surface area contributed by atoms with Crippen molar-refractivity contribution in [2.24, 2.45) is 0 Å². The molecule has 0 N–H and O–H groups in total. The third-order valence-electron chi connectivity index (χ3n) is 9.97. The third-order valence-corrected chi connectivity index (χ3v) is 9.97. The van der Waals surface area contributed by atoms with E-state index in [-0.39, 0.29) is 0 Å². The number of aryl methyl sites for hydroxylation is 6. The van der Waals surface area contributed by atoms with Crippen LogP contribution in [0.1, 0.15) is 55.6 Å². The Morgan fingerprint density at radius 2 is 0.692 bits per heavy atom. The molecule has 6 aromatic carbocycles. The van der Waals surface area contributed by atoms with Gasteiger partial charge in [-0.25, -0.2) is 0 Å². The molecule has 0 aromatic heterocycles. The van der Waals surface area contributed by atoms with Crippen LogP contribution in [0, 0.1) is 48.2 Å². The van der Waals surface area contributed by atoms with Gasteiger partial charge in [0.25, 0.3) is 0 Å². The Balaban J connectivity index is 0.000000167. The van der Waals surface area contributed by atoms with Crippen molar-refractivity contribution in [1.29, 1.82) is 0 Å². The molecule has 0 aliphatic carbocycles. The summed E-state index contributed by atoms with van der Waals surface area (Å²) in [4.78, 5) is 4.56. The van der Waals surface area contributed by atoms with Gasteiger partial charge < -0.3 is 9.80 Å². The van der Waals surface area contributed by atoms with Crippen molar-refractivity contribution >= 4 is 40.7 Å². The van der Waals surface area contributed by atoms with Gasteiger partial charge in [-0.15, -0.1) is 0 Å². The van der Waals surface area contributed by atoms with Crippen LogP contribution in [0.5, 0.6) is 0 Å². The van der Waals surface area contributed by atoms with Gasteiger partial charge in [0.2, 0.25) is 6.67 Å². The molecule has 8 rings (SSSR count). The predicted molar refractivity (Wildman–Crippen MR) is 224 cm³/mol. The first kappa shape index (κ1) is 34.9. The van der Waals surface area contributed by atoms with Gasteiger partial charge in [0, 0.05) is 24.5 Å². The first-order valence-corrected chi connectivity index (χ1v) is 18.3. The highest BCUT2D eigenvalue weighted by Gasteiger charge is 2.27. The van der Waals surface area contributed by atoms with E-state index in [4.69, 9.17) is 0 Å². The molecule has 0 atom stereocenters. The van der Waals surface area contributed by atoms with Crippen molar-refractivity contribution < 1.29 is 0 Å². The summed E-state index contributed by atoms with van der Waals surface area (Å²) in [5, 5.41) is 0. The fraction of sp³-hybridized carbons (Fsp3) is 0.163. The Kier molecular flexibility index (Phi) is 10.3. The number of allylic oxidation sites excluding steroid dienone is 2. The smallest absolute Gasteiger partial charge is 0.208 e. The van der Waals surface area contributed by atoms with E-state index >= 15 is 0 Å². The number of hydrogen-bond donors (Lipinski definition) is 0. The maximum Gasteiger partial charge on any atom is 0.208 e. The lowest BCUT2D eigenvalue weighted by Gasteiger charge is -2.25. The molecule has 0 unspecified atom stereocenters. The lowest BCUT2D eigenvalue weighted by Crippen LogP contribution is -2.21. The summed E-state index contributed by atoms with van der Waals surface area (Å²) < 4.78 is 0. The fourth-order valence-electron chi connectivity index (χ4n) is 8.02. The van der Waals surface area contributed by atoms with Gasteiger partial charge in [-0.2, -0.15) is 0 Å². The van der Waals surface area contributed by atoms with Crippen LogP contribution >= 0.6 is 0 Å². The van der Waals surface area contributed by atoms with Crippen molar-refractivity contribution in [3.8, 4) is 0 Å². The van der Waals surface area contributed by atoms with E-state index < -0.39 is 0 Å². The van der Waals surface area contributed by atoms with Crippen LogP contribution in [0.3, 0.4) is 0 Å². The van der Waals surface area contributed by atoms with Crippen LogP contribution < -0.4 is 9.80 Å².